The number of rotatable bonds is 7. The van der Waals surface area contributed by atoms with Crippen molar-refractivity contribution in [2.75, 3.05) is 0 Å². The average Bonchev–Trinajstić information content (AvgIpc) is 3.47. The number of esters is 1. The molecule has 6 rings (SSSR count). The Labute approximate surface area is 233 Å². The number of nitro benzene ring substituents is 1. The Kier molecular flexibility index (Phi) is 6.52. The van der Waals surface area contributed by atoms with Crippen LogP contribution in [-0.4, -0.2) is 16.7 Å². The number of ketones is 1. The van der Waals surface area contributed by atoms with E-state index in [0.29, 0.717) is 40.2 Å². The zero-order chi connectivity index (χ0) is 28.5. The molecule has 0 saturated heterocycles. The Morgan fingerprint density at radius 1 is 0.951 bits per heavy atom. The molecule has 0 fully saturated rings. The van der Waals surface area contributed by atoms with Gasteiger partial charge < -0.3 is 18.6 Å². The fourth-order valence-electron chi connectivity index (χ4n) is 4.52. The fourth-order valence-corrected chi connectivity index (χ4v) is 4.52. The van der Waals surface area contributed by atoms with E-state index in [2.05, 4.69) is 0 Å². The predicted molar refractivity (Wildman–Crippen MR) is 149 cm³/mol. The number of nitro groups is 1. The lowest BCUT2D eigenvalue weighted by Gasteiger charge is -2.07. The largest absolute Gasteiger partial charge is 0.489 e. The molecule has 1 aromatic heterocycles. The second-order valence-electron chi connectivity index (χ2n) is 9.30. The van der Waals surface area contributed by atoms with Crippen molar-refractivity contribution in [3.63, 3.8) is 0 Å². The Bertz CT molecular complexity index is 1850. The van der Waals surface area contributed by atoms with Gasteiger partial charge in [0.1, 0.15) is 40.8 Å². The maximum Gasteiger partial charge on any atom is 0.347 e. The lowest BCUT2D eigenvalue weighted by Crippen LogP contribution is -2.09. The van der Waals surface area contributed by atoms with E-state index in [0.717, 1.165) is 5.56 Å². The van der Waals surface area contributed by atoms with Crippen molar-refractivity contribution in [3.8, 4) is 17.2 Å². The number of furan rings is 1. The molecule has 0 atom stereocenters. The van der Waals surface area contributed by atoms with E-state index in [4.69, 9.17) is 18.6 Å². The van der Waals surface area contributed by atoms with Crippen LogP contribution < -0.4 is 14.2 Å². The molecule has 5 aromatic rings. The van der Waals surface area contributed by atoms with Gasteiger partial charge in [0.15, 0.2) is 5.76 Å². The molecule has 0 spiro atoms. The van der Waals surface area contributed by atoms with Crippen molar-refractivity contribution in [2.24, 2.45) is 0 Å². The molecule has 0 unspecified atom stereocenters. The number of fused-ring (bicyclic) bond motifs is 2. The first-order valence-electron chi connectivity index (χ1n) is 12.6. The number of non-ortho nitro benzene ring substituents is 1. The highest BCUT2D eigenvalue weighted by Gasteiger charge is 2.29. The fraction of sp³-hybridized carbons (Fsp3) is 0.0625. The topological polar surface area (TPSA) is 118 Å². The summed E-state index contributed by atoms with van der Waals surface area (Å²) in [5.41, 5.74) is 2.61. The van der Waals surface area contributed by atoms with Crippen molar-refractivity contribution < 1.29 is 33.1 Å². The predicted octanol–water partition coefficient (Wildman–Crippen LogP) is 7.06. The lowest BCUT2D eigenvalue weighted by atomic mass is 10.1. The highest BCUT2D eigenvalue weighted by molar-refractivity contribution is 6.14. The highest BCUT2D eigenvalue weighted by Crippen LogP contribution is 2.36. The molecule has 202 valence electrons. The van der Waals surface area contributed by atoms with Crippen LogP contribution in [0.4, 0.5) is 5.69 Å². The maximum atomic E-state index is 13.3. The normalized spacial score (nSPS) is 13.2. The Hall–Kier alpha value is -5.70. The molecule has 9 heteroatoms. The van der Waals surface area contributed by atoms with Crippen LogP contribution in [0.2, 0.25) is 0 Å². The van der Waals surface area contributed by atoms with E-state index in [1.807, 2.05) is 30.3 Å². The lowest BCUT2D eigenvalue weighted by molar-refractivity contribution is -0.384. The molecule has 0 saturated carbocycles. The molecule has 0 N–H and O–H groups in total. The van der Waals surface area contributed by atoms with Crippen molar-refractivity contribution in [1.82, 2.24) is 0 Å². The minimum absolute atomic E-state index is 0.0528. The zero-order valence-electron chi connectivity index (χ0n) is 21.7. The molecule has 4 aromatic carbocycles. The molecular weight excluding hydrogens is 526 g/mol. The van der Waals surface area contributed by atoms with E-state index < -0.39 is 10.9 Å². The van der Waals surface area contributed by atoms with Crippen LogP contribution in [0.5, 0.6) is 17.2 Å². The quantitative estimate of drug-likeness (QED) is 0.0698. The van der Waals surface area contributed by atoms with Crippen LogP contribution in [0, 0.1) is 17.0 Å². The molecular formula is C32H21NO8. The van der Waals surface area contributed by atoms with Crippen LogP contribution >= 0.6 is 0 Å². The number of benzene rings is 4. The van der Waals surface area contributed by atoms with Gasteiger partial charge in [-0.2, -0.15) is 0 Å². The minimum atomic E-state index is -0.632. The SMILES string of the molecule is Cc1oc2ccc(OCc3ccccc3)cc2c1C(=O)Oc1ccc2c(c1)O/C(=C/c1ccc([N+](=O)[O-])cc1)C2=O. The van der Waals surface area contributed by atoms with Gasteiger partial charge in [-0.05, 0) is 66.6 Å². The number of allylic oxidation sites excluding steroid dienone is 1. The van der Waals surface area contributed by atoms with Crippen LogP contribution in [0.3, 0.4) is 0 Å². The second-order valence-corrected chi connectivity index (χ2v) is 9.30. The number of aryl methyl sites for hydroxylation is 1. The minimum Gasteiger partial charge on any atom is -0.489 e. The Morgan fingerprint density at radius 3 is 2.46 bits per heavy atom. The van der Waals surface area contributed by atoms with Gasteiger partial charge >= 0.3 is 5.97 Å². The first-order chi connectivity index (χ1) is 19.9. The molecule has 2 heterocycles. The summed E-state index contributed by atoms with van der Waals surface area (Å²) in [6.45, 7) is 2.05. The van der Waals surface area contributed by atoms with Crippen LogP contribution in [0.25, 0.3) is 17.0 Å². The molecule has 0 bridgehead atoms. The van der Waals surface area contributed by atoms with E-state index in [1.54, 1.807) is 25.1 Å². The number of nitrogens with zero attached hydrogens (tertiary/aromatic N) is 1. The molecule has 0 radical (unpaired) electrons. The summed E-state index contributed by atoms with van der Waals surface area (Å²) in [5.74, 6) is 0.460. The summed E-state index contributed by atoms with van der Waals surface area (Å²) in [5, 5.41) is 11.4. The second kappa shape index (κ2) is 10.5. The molecule has 0 amide bonds. The monoisotopic (exact) mass is 547 g/mol. The summed E-state index contributed by atoms with van der Waals surface area (Å²) >= 11 is 0. The Morgan fingerprint density at radius 2 is 1.71 bits per heavy atom. The number of hydrogen-bond acceptors (Lipinski definition) is 8. The number of carbonyl (C=O) groups excluding carboxylic acids is 2. The van der Waals surface area contributed by atoms with E-state index >= 15 is 0 Å². The van der Waals surface area contributed by atoms with Gasteiger partial charge in [0.2, 0.25) is 5.78 Å². The van der Waals surface area contributed by atoms with Gasteiger partial charge in [0.25, 0.3) is 5.69 Å². The molecule has 41 heavy (non-hydrogen) atoms. The number of Topliss-reactive ketones (excluding diaryl/α,β-unsaturated/α-hetero) is 1. The third-order valence-electron chi connectivity index (χ3n) is 6.54. The van der Waals surface area contributed by atoms with Crippen LogP contribution in [0.1, 0.15) is 37.6 Å². The third kappa shape index (κ3) is 5.16. The maximum absolute atomic E-state index is 13.3. The first kappa shape index (κ1) is 25.6. The van der Waals surface area contributed by atoms with Crippen molar-refractivity contribution in [1.29, 1.82) is 0 Å². The van der Waals surface area contributed by atoms with Gasteiger partial charge in [-0.1, -0.05) is 30.3 Å². The van der Waals surface area contributed by atoms with Crippen molar-refractivity contribution >= 4 is 34.5 Å². The molecule has 0 aliphatic carbocycles. The molecule has 9 nitrogen and oxygen atoms in total. The highest BCUT2D eigenvalue weighted by atomic mass is 16.6. The van der Waals surface area contributed by atoms with E-state index in [1.165, 1.54) is 48.5 Å². The zero-order valence-corrected chi connectivity index (χ0v) is 21.7. The third-order valence-corrected chi connectivity index (χ3v) is 6.54. The summed E-state index contributed by atoms with van der Waals surface area (Å²) in [6, 6.07) is 25.2. The Balaban J connectivity index is 1.20. The first-order valence-corrected chi connectivity index (χ1v) is 12.6. The summed E-state index contributed by atoms with van der Waals surface area (Å²) in [6.07, 6.45) is 1.50. The molecule has 1 aliphatic heterocycles. The van der Waals surface area contributed by atoms with Gasteiger partial charge in [0, 0.05) is 23.6 Å². The summed E-state index contributed by atoms with van der Waals surface area (Å²) in [4.78, 5) is 36.5. The number of hydrogen-bond donors (Lipinski definition) is 0. The van der Waals surface area contributed by atoms with Gasteiger partial charge in [-0.3, -0.25) is 14.9 Å². The van der Waals surface area contributed by atoms with Gasteiger partial charge in [-0.25, -0.2) is 4.79 Å². The summed E-state index contributed by atoms with van der Waals surface area (Å²) in [7, 11) is 0. The average molecular weight is 548 g/mol. The standard InChI is InChI=1S/C32H21NO8/c1-19-30(26-16-23(12-14-27(26)39-19)38-18-21-5-3-2-4-6-21)32(35)40-24-11-13-25-28(17-24)41-29(31(25)34)15-20-7-9-22(10-8-20)33(36)37/h2-17H,18H2,1H3/b29-15+. The van der Waals surface area contributed by atoms with Gasteiger partial charge in [-0.15, -0.1) is 0 Å². The number of carbonyl (C=O) groups is 2. The summed E-state index contributed by atoms with van der Waals surface area (Å²) < 4.78 is 23.1. The van der Waals surface area contributed by atoms with Crippen molar-refractivity contribution in [3.05, 3.63) is 135 Å². The van der Waals surface area contributed by atoms with E-state index in [9.17, 15) is 19.7 Å². The smallest absolute Gasteiger partial charge is 0.347 e. The van der Waals surface area contributed by atoms with Gasteiger partial charge in [0.05, 0.1) is 10.5 Å². The molecule has 1 aliphatic rings. The van der Waals surface area contributed by atoms with Crippen LogP contribution in [0.15, 0.2) is 101 Å². The van der Waals surface area contributed by atoms with Crippen LogP contribution in [-0.2, 0) is 6.61 Å². The number of ether oxygens (including phenoxy) is 3. The van der Waals surface area contributed by atoms with Crippen molar-refractivity contribution in [2.45, 2.75) is 13.5 Å². The van der Waals surface area contributed by atoms with E-state index in [-0.39, 0.29) is 34.3 Å².